The van der Waals surface area contributed by atoms with Gasteiger partial charge in [0.1, 0.15) is 0 Å². The average molecular weight is 336 g/mol. The Bertz CT molecular complexity index is 677. The molecule has 1 fully saturated rings. The van der Waals surface area contributed by atoms with Gasteiger partial charge < -0.3 is 15.0 Å². The molecule has 25 heavy (non-hydrogen) atoms. The minimum atomic E-state index is 0.205. The van der Waals surface area contributed by atoms with Crippen LogP contribution in [0.3, 0.4) is 0 Å². The number of nitrogens with zero attached hydrogens (tertiary/aromatic N) is 1. The molecule has 2 heterocycles. The monoisotopic (exact) mass is 336 g/mol. The first-order valence-electron chi connectivity index (χ1n) is 9.53. The van der Waals surface area contributed by atoms with Gasteiger partial charge in [0.05, 0.1) is 13.2 Å². The molecule has 1 spiro atoms. The molecule has 2 aromatic carbocycles. The van der Waals surface area contributed by atoms with Crippen molar-refractivity contribution in [2.45, 2.75) is 31.4 Å². The molecule has 1 saturated heterocycles. The van der Waals surface area contributed by atoms with Crippen molar-refractivity contribution in [3.05, 3.63) is 71.3 Å². The summed E-state index contributed by atoms with van der Waals surface area (Å²) in [5.74, 6) is 0. The topological polar surface area (TPSA) is 24.5 Å². The van der Waals surface area contributed by atoms with Crippen molar-refractivity contribution in [3.63, 3.8) is 0 Å². The third kappa shape index (κ3) is 3.79. The molecular formula is C22H28N2O. The summed E-state index contributed by atoms with van der Waals surface area (Å²) >= 11 is 0. The second-order valence-corrected chi connectivity index (χ2v) is 7.30. The third-order valence-corrected chi connectivity index (χ3v) is 5.76. The van der Waals surface area contributed by atoms with Crippen LogP contribution in [0.1, 0.15) is 29.5 Å². The van der Waals surface area contributed by atoms with E-state index in [1.165, 1.54) is 18.4 Å². The van der Waals surface area contributed by atoms with Crippen LogP contribution >= 0.6 is 0 Å². The first-order chi connectivity index (χ1) is 12.4. The summed E-state index contributed by atoms with van der Waals surface area (Å²) in [6.45, 7) is 5.97. The van der Waals surface area contributed by atoms with Gasteiger partial charge in [-0.3, -0.25) is 0 Å². The van der Waals surface area contributed by atoms with E-state index in [1.807, 2.05) is 6.07 Å². The number of likely N-dealkylation sites (tertiary alicyclic amines) is 1. The zero-order chi connectivity index (χ0) is 17.0. The van der Waals surface area contributed by atoms with Crippen LogP contribution in [0.15, 0.2) is 54.6 Å². The second kappa shape index (κ2) is 7.69. The van der Waals surface area contributed by atoms with Gasteiger partial charge in [-0.15, -0.1) is 0 Å². The molecule has 2 aliphatic heterocycles. The van der Waals surface area contributed by atoms with Gasteiger partial charge in [-0.05, 0) is 36.0 Å². The Morgan fingerprint density at radius 1 is 0.960 bits per heavy atom. The van der Waals surface area contributed by atoms with Gasteiger partial charge >= 0.3 is 0 Å². The molecular weight excluding hydrogens is 308 g/mol. The number of fused-ring (bicyclic) bond motifs is 2. The van der Waals surface area contributed by atoms with Crippen molar-refractivity contribution >= 4 is 0 Å². The molecule has 0 atom stereocenters. The van der Waals surface area contributed by atoms with Crippen molar-refractivity contribution < 1.29 is 4.74 Å². The fourth-order valence-corrected chi connectivity index (χ4v) is 4.30. The van der Waals surface area contributed by atoms with Crippen molar-refractivity contribution in [2.75, 3.05) is 32.8 Å². The van der Waals surface area contributed by atoms with E-state index in [2.05, 4.69) is 58.7 Å². The lowest BCUT2D eigenvalue weighted by atomic mass is 9.76. The summed E-state index contributed by atoms with van der Waals surface area (Å²) in [6, 6.07) is 19.4. The van der Waals surface area contributed by atoms with Gasteiger partial charge in [-0.2, -0.15) is 0 Å². The fourth-order valence-electron chi connectivity index (χ4n) is 4.30. The minimum absolute atomic E-state index is 0.205. The highest BCUT2D eigenvalue weighted by molar-refractivity contribution is 5.36. The van der Waals surface area contributed by atoms with Gasteiger partial charge in [-0.25, -0.2) is 0 Å². The van der Waals surface area contributed by atoms with E-state index in [4.69, 9.17) is 4.74 Å². The molecule has 0 aromatic heterocycles. The number of hydrogen-bond acceptors (Lipinski definition) is 3. The minimum Gasteiger partial charge on any atom is -0.375 e. The first-order valence-corrected chi connectivity index (χ1v) is 9.53. The highest BCUT2D eigenvalue weighted by atomic mass is 16.5. The lowest BCUT2D eigenvalue weighted by Gasteiger charge is -2.46. The Morgan fingerprint density at radius 2 is 1.72 bits per heavy atom. The number of benzene rings is 2. The Hall–Kier alpha value is -1.68. The van der Waals surface area contributed by atoms with E-state index in [1.54, 1.807) is 11.1 Å². The van der Waals surface area contributed by atoms with E-state index in [9.17, 15) is 0 Å². The zero-order valence-electron chi connectivity index (χ0n) is 14.9. The molecule has 0 saturated carbocycles. The fraction of sp³-hybridized carbons (Fsp3) is 0.455. The lowest BCUT2D eigenvalue weighted by Crippen LogP contribution is -2.54. The van der Waals surface area contributed by atoms with Crippen LogP contribution in [-0.4, -0.2) is 37.7 Å². The Balaban J connectivity index is 1.26. The highest BCUT2D eigenvalue weighted by Crippen LogP contribution is 2.37. The Labute approximate surface area is 151 Å². The Morgan fingerprint density at radius 3 is 2.56 bits per heavy atom. The maximum atomic E-state index is 5.86. The molecule has 1 N–H and O–H groups in total. The van der Waals surface area contributed by atoms with Crippen LogP contribution in [0, 0.1) is 0 Å². The summed E-state index contributed by atoms with van der Waals surface area (Å²) in [6.07, 6.45) is 3.56. The summed E-state index contributed by atoms with van der Waals surface area (Å²) in [7, 11) is 0. The molecule has 0 bridgehead atoms. The van der Waals surface area contributed by atoms with Crippen molar-refractivity contribution in [1.29, 1.82) is 0 Å². The SMILES string of the molecule is c1ccc(COCCN2CCC3(CC2)NCCc2ccccc23)cc1. The normalized spacial score (nSPS) is 19.7. The van der Waals surface area contributed by atoms with Crippen LogP contribution in [-0.2, 0) is 23.3 Å². The molecule has 3 nitrogen and oxygen atoms in total. The molecule has 0 unspecified atom stereocenters. The van der Waals surface area contributed by atoms with Crippen LogP contribution in [0.25, 0.3) is 0 Å². The summed E-state index contributed by atoms with van der Waals surface area (Å²) in [5.41, 5.74) is 4.54. The van der Waals surface area contributed by atoms with E-state index < -0.39 is 0 Å². The largest absolute Gasteiger partial charge is 0.375 e. The van der Waals surface area contributed by atoms with E-state index in [0.29, 0.717) is 6.61 Å². The molecule has 2 aromatic rings. The number of rotatable bonds is 5. The van der Waals surface area contributed by atoms with Gasteiger partial charge in [0.25, 0.3) is 0 Å². The van der Waals surface area contributed by atoms with E-state index in [-0.39, 0.29) is 5.54 Å². The van der Waals surface area contributed by atoms with Crippen molar-refractivity contribution in [2.24, 2.45) is 0 Å². The highest BCUT2D eigenvalue weighted by Gasteiger charge is 2.38. The smallest absolute Gasteiger partial charge is 0.0717 e. The molecule has 3 heteroatoms. The number of ether oxygens (including phenoxy) is 1. The van der Waals surface area contributed by atoms with Crippen molar-refractivity contribution in [3.8, 4) is 0 Å². The van der Waals surface area contributed by atoms with Gasteiger partial charge in [-0.1, -0.05) is 54.6 Å². The molecule has 0 radical (unpaired) electrons. The van der Waals surface area contributed by atoms with E-state index in [0.717, 1.165) is 39.2 Å². The van der Waals surface area contributed by atoms with Gasteiger partial charge in [0.2, 0.25) is 0 Å². The predicted octanol–water partition coefficient (Wildman–Crippen LogP) is 3.34. The summed E-state index contributed by atoms with van der Waals surface area (Å²) in [4.78, 5) is 2.55. The molecule has 4 rings (SSSR count). The first kappa shape index (κ1) is 16.8. The quantitative estimate of drug-likeness (QED) is 0.848. The van der Waals surface area contributed by atoms with Crippen LogP contribution < -0.4 is 5.32 Å². The number of piperidine rings is 1. The molecule has 0 amide bonds. The maximum absolute atomic E-state index is 5.86. The molecule has 0 aliphatic carbocycles. The number of nitrogens with one attached hydrogen (secondary N) is 1. The van der Waals surface area contributed by atoms with Crippen molar-refractivity contribution in [1.82, 2.24) is 10.2 Å². The van der Waals surface area contributed by atoms with Gasteiger partial charge in [0, 0.05) is 31.7 Å². The predicted molar refractivity (Wildman–Crippen MR) is 102 cm³/mol. The van der Waals surface area contributed by atoms with E-state index >= 15 is 0 Å². The second-order valence-electron chi connectivity index (χ2n) is 7.30. The van der Waals surface area contributed by atoms with Crippen LogP contribution in [0.2, 0.25) is 0 Å². The van der Waals surface area contributed by atoms with Crippen LogP contribution in [0.5, 0.6) is 0 Å². The lowest BCUT2D eigenvalue weighted by molar-refractivity contribution is 0.0669. The van der Waals surface area contributed by atoms with Crippen LogP contribution in [0.4, 0.5) is 0 Å². The molecule has 132 valence electrons. The standard InChI is InChI=1S/C22H28N2O/c1-2-6-19(7-3-1)18-25-17-16-24-14-11-22(12-15-24)21-9-5-4-8-20(21)10-13-23-22/h1-9,23H,10-18H2. The summed E-state index contributed by atoms with van der Waals surface area (Å²) in [5, 5.41) is 3.84. The maximum Gasteiger partial charge on any atom is 0.0717 e. The molecule has 2 aliphatic rings. The summed E-state index contributed by atoms with van der Waals surface area (Å²) < 4.78 is 5.86. The Kier molecular flexibility index (Phi) is 5.16. The zero-order valence-corrected chi connectivity index (χ0v) is 14.9. The average Bonchev–Trinajstić information content (AvgIpc) is 2.68. The van der Waals surface area contributed by atoms with Gasteiger partial charge in [0.15, 0.2) is 0 Å². The third-order valence-electron chi connectivity index (χ3n) is 5.76. The number of hydrogen-bond donors (Lipinski definition) is 1.